The number of hydrogen-bond donors (Lipinski definition) is 1. The number of sulfonamides is 1. The average Bonchev–Trinajstić information content (AvgIpc) is 3.03. The van der Waals surface area contributed by atoms with Gasteiger partial charge in [-0.3, -0.25) is 18.2 Å². The lowest BCUT2D eigenvalue weighted by molar-refractivity contribution is -0.116. The Labute approximate surface area is 203 Å². The van der Waals surface area contributed by atoms with E-state index in [9.17, 15) is 18.0 Å². The molecule has 0 bridgehead atoms. The average molecular weight is 495 g/mol. The Hall–Kier alpha value is -4.05. The SMILES string of the molecule is C[C@H](C(=O)Nc1ccc2c(c1)n(C)c(=O)n2C)N(c1ccc(Oc2ccccc2)cc1)S(C)(=O)=O. The Morgan fingerprint density at radius 3 is 2.14 bits per heavy atom. The number of nitrogens with one attached hydrogen (secondary N) is 1. The third-order valence-electron chi connectivity index (χ3n) is 5.70. The summed E-state index contributed by atoms with van der Waals surface area (Å²) in [6, 6.07) is 19.7. The van der Waals surface area contributed by atoms with E-state index < -0.39 is 22.0 Å². The molecule has 0 aliphatic heterocycles. The molecule has 9 nitrogen and oxygen atoms in total. The molecule has 1 heterocycles. The van der Waals surface area contributed by atoms with Crippen LogP contribution in [0.15, 0.2) is 77.6 Å². The van der Waals surface area contributed by atoms with Crippen LogP contribution in [0.25, 0.3) is 11.0 Å². The summed E-state index contributed by atoms with van der Waals surface area (Å²) in [4.78, 5) is 25.2. The molecule has 0 fully saturated rings. The molecule has 1 atom stereocenters. The van der Waals surface area contributed by atoms with Gasteiger partial charge < -0.3 is 10.1 Å². The van der Waals surface area contributed by atoms with E-state index in [0.717, 1.165) is 16.1 Å². The van der Waals surface area contributed by atoms with Crippen LogP contribution in [0.5, 0.6) is 11.5 Å². The van der Waals surface area contributed by atoms with E-state index in [2.05, 4.69) is 5.32 Å². The van der Waals surface area contributed by atoms with Gasteiger partial charge in [0.15, 0.2) is 0 Å². The number of para-hydroxylation sites is 1. The molecule has 0 aliphatic rings. The van der Waals surface area contributed by atoms with Crippen molar-refractivity contribution in [2.24, 2.45) is 14.1 Å². The summed E-state index contributed by atoms with van der Waals surface area (Å²) in [5.41, 5.74) is 1.97. The largest absolute Gasteiger partial charge is 0.457 e. The topological polar surface area (TPSA) is 103 Å². The number of amides is 1. The minimum absolute atomic E-state index is 0.181. The number of fused-ring (bicyclic) bond motifs is 1. The first-order chi connectivity index (χ1) is 16.6. The summed E-state index contributed by atoms with van der Waals surface area (Å²) < 4.78 is 35.1. The van der Waals surface area contributed by atoms with E-state index in [1.54, 1.807) is 56.6 Å². The molecule has 182 valence electrons. The molecule has 0 saturated carbocycles. The van der Waals surface area contributed by atoms with E-state index in [1.165, 1.54) is 16.1 Å². The van der Waals surface area contributed by atoms with Crippen molar-refractivity contribution in [1.82, 2.24) is 9.13 Å². The fraction of sp³-hybridized carbons (Fsp3) is 0.200. The van der Waals surface area contributed by atoms with Crippen LogP contribution >= 0.6 is 0 Å². The molecule has 1 aromatic heterocycles. The minimum atomic E-state index is -3.79. The number of nitrogens with zero attached hydrogens (tertiary/aromatic N) is 3. The van der Waals surface area contributed by atoms with Crippen molar-refractivity contribution in [2.45, 2.75) is 13.0 Å². The third kappa shape index (κ3) is 4.92. The monoisotopic (exact) mass is 494 g/mol. The number of benzene rings is 3. The summed E-state index contributed by atoms with van der Waals surface area (Å²) in [5, 5.41) is 2.76. The number of imidazole rings is 1. The van der Waals surface area contributed by atoms with Gasteiger partial charge in [-0.05, 0) is 61.5 Å². The predicted octanol–water partition coefficient (Wildman–Crippen LogP) is 3.46. The van der Waals surface area contributed by atoms with Crippen LogP contribution < -0.4 is 20.0 Å². The molecular formula is C25H26N4O5S. The Bertz CT molecular complexity index is 1540. The van der Waals surface area contributed by atoms with Gasteiger partial charge in [0.25, 0.3) is 0 Å². The van der Waals surface area contributed by atoms with Crippen molar-refractivity contribution in [3.05, 3.63) is 83.3 Å². The minimum Gasteiger partial charge on any atom is -0.457 e. The van der Waals surface area contributed by atoms with Gasteiger partial charge in [-0.1, -0.05) is 18.2 Å². The van der Waals surface area contributed by atoms with Gasteiger partial charge in [0.2, 0.25) is 15.9 Å². The summed E-state index contributed by atoms with van der Waals surface area (Å²) in [5.74, 6) is 0.674. The van der Waals surface area contributed by atoms with Crippen molar-refractivity contribution in [1.29, 1.82) is 0 Å². The maximum absolute atomic E-state index is 13.1. The van der Waals surface area contributed by atoms with Gasteiger partial charge in [0.1, 0.15) is 17.5 Å². The Morgan fingerprint density at radius 2 is 1.51 bits per heavy atom. The highest BCUT2D eigenvalue weighted by Crippen LogP contribution is 2.27. The third-order valence-corrected chi connectivity index (χ3v) is 6.94. The summed E-state index contributed by atoms with van der Waals surface area (Å²) in [6.07, 6.45) is 1.05. The quantitative estimate of drug-likeness (QED) is 0.424. The fourth-order valence-electron chi connectivity index (χ4n) is 3.93. The van der Waals surface area contributed by atoms with Crippen LogP contribution in [-0.2, 0) is 28.9 Å². The lowest BCUT2D eigenvalue weighted by Gasteiger charge is -2.28. The zero-order valence-corrected chi connectivity index (χ0v) is 20.6. The van der Waals surface area contributed by atoms with Crippen LogP contribution in [0.2, 0.25) is 0 Å². The zero-order chi connectivity index (χ0) is 25.3. The standard InChI is InChI=1S/C25H26N4O5S/c1-17(24(30)26-18-10-15-22-23(16-18)28(3)25(31)27(22)2)29(35(4,32)33)19-11-13-21(14-12-19)34-20-8-6-5-7-9-20/h5-17H,1-4H3,(H,26,30)/t17-/m1/s1. The summed E-state index contributed by atoms with van der Waals surface area (Å²) in [6.45, 7) is 1.52. The van der Waals surface area contributed by atoms with Crippen LogP contribution in [0.3, 0.4) is 0 Å². The second-order valence-electron chi connectivity index (χ2n) is 8.24. The maximum atomic E-state index is 13.1. The Kier molecular flexibility index (Phi) is 6.40. The molecule has 0 spiro atoms. The van der Waals surface area contributed by atoms with Crippen molar-refractivity contribution in [3.8, 4) is 11.5 Å². The van der Waals surface area contributed by atoms with Crippen molar-refractivity contribution in [3.63, 3.8) is 0 Å². The molecule has 0 radical (unpaired) electrons. The number of carbonyl (C=O) groups is 1. The second kappa shape index (κ2) is 9.30. The van der Waals surface area contributed by atoms with E-state index in [0.29, 0.717) is 28.4 Å². The van der Waals surface area contributed by atoms with Crippen LogP contribution in [0.1, 0.15) is 6.92 Å². The number of aryl methyl sites for hydroxylation is 2. The smallest absolute Gasteiger partial charge is 0.328 e. The molecule has 0 saturated heterocycles. The first kappa shape index (κ1) is 24.1. The van der Waals surface area contributed by atoms with Crippen molar-refractivity contribution in [2.75, 3.05) is 15.9 Å². The molecule has 10 heteroatoms. The number of rotatable bonds is 7. The number of hydrogen-bond acceptors (Lipinski definition) is 5. The molecule has 0 unspecified atom stereocenters. The summed E-state index contributed by atoms with van der Waals surface area (Å²) in [7, 11) is -0.467. The second-order valence-corrected chi connectivity index (χ2v) is 10.1. The highest BCUT2D eigenvalue weighted by atomic mass is 32.2. The highest BCUT2D eigenvalue weighted by Gasteiger charge is 2.29. The van der Waals surface area contributed by atoms with Crippen LogP contribution in [-0.4, -0.2) is 35.8 Å². The lowest BCUT2D eigenvalue weighted by atomic mass is 10.2. The number of anilines is 2. The van der Waals surface area contributed by atoms with Gasteiger partial charge in [-0.15, -0.1) is 0 Å². The number of carbonyl (C=O) groups excluding carboxylic acids is 1. The Morgan fingerprint density at radius 1 is 0.914 bits per heavy atom. The maximum Gasteiger partial charge on any atom is 0.328 e. The molecule has 35 heavy (non-hydrogen) atoms. The first-order valence-electron chi connectivity index (χ1n) is 10.8. The number of ether oxygens (including phenoxy) is 1. The van der Waals surface area contributed by atoms with Gasteiger partial charge in [-0.25, -0.2) is 13.2 Å². The highest BCUT2D eigenvalue weighted by molar-refractivity contribution is 7.92. The van der Waals surface area contributed by atoms with Crippen LogP contribution in [0.4, 0.5) is 11.4 Å². The lowest BCUT2D eigenvalue weighted by Crippen LogP contribution is -2.45. The Balaban J connectivity index is 1.56. The van der Waals surface area contributed by atoms with Gasteiger partial charge in [0, 0.05) is 19.8 Å². The molecule has 4 aromatic rings. The molecule has 1 amide bonds. The molecule has 3 aromatic carbocycles. The molecule has 0 aliphatic carbocycles. The fourth-order valence-corrected chi connectivity index (χ4v) is 5.10. The van der Waals surface area contributed by atoms with E-state index in [4.69, 9.17) is 4.74 Å². The molecule has 4 rings (SSSR count). The molecular weight excluding hydrogens is 468 g/mol. The van der Waals surface area contributed by atoms with Crippen molar-refractivity contribution >= 4 is 38.3 Å². The normalized spacial score (nSPS) is 12.3. The number of aromatic nitrogens is 2. The molecule has 1 N–H and O–H groups in total. The van der Waals surface area contributed by atoms with Crippen LogP contribution in [0, 0.1) is 0 Å². The van der Waals surface area contributed by atoms with E-state index in [1.807, 2.05) is 30.3 Å². The first-order valence-corrected chi connectivity index (χ1v) is 12.7. The summed E-state index contributed by atoms with van der Waals surface area (Å²) >= 11 is 0. The van der Waals surface area contributed by atoms with E-state index in [-0.39, 0.29) is 5.69 Å². The predicted molar refractivity (Wildman–Crippen MR) is 137 cm³/mol. The van der Waals surface area contributed by atoms with Gasteiger partial charge in [0.05, 0.1) is 23.0 Å². The van der Waals surface area contributed by atoms with Crippen molar-refractivity contribution < 1.29 is 17.9 Å². The van der Waals surface area contributed by atoms with Gasteiger partial charge >= 0.3 is 5.69 Å². The zero-order valence-electron chi connectivity index (χ0n) is 19.8. The van der Waals surface area contributed by atoms with E-state index >= 15 is 0 Å². The van der Waals surface area contributed by atoms with Gasteiger partial charge in [-0.2, -0.15) is 0 Å².